The van der Waals surface area contributed by atoms with Crippen molar-refractivity contribution < 1.29 is 19.5 Å². The van der Waals surface area contributed by atoms with Crippen molar-refractivity contribution in [2.24, 2.45) is 0 Å². The van der Waals surface area contributed by atoms with Gasteiger partial charge in [0.15, 0.2) is 0 Å². The van der Waals surface area contributed by atoms with Gasteiger partial charge in [0, 0.05) is 10.6 Å². The van der Waals surface area contributed by atoms with Crippen LogP contribution >= 0.6 is 11.6 Å². The Balaban J connectivity index is 2.57. The number of hydrogen-bond acceptors (Lipinski definition) is 4. The number of hydrogen-bond donors (Lipinski definition) is 3. The summed E-state index contributed by atoms with van der Waals surface area (Å²) in [5.74, 6) is -1.75. The van der Waals surface area contributed by atoms with Gasteiger partial charge in [0.25, 0.3) is 11.8 Å². The van der Waals surface area contributed by atoms with E-state index < -0.39 is 17.8 Å². The molecule has 1 aromatic carbocycles. The van der Waals surface area contributed by atoms with Gasteiger partial charge in [-0.05, 0) is 30.7 Å². The van der Waals surface area contributed by atoms with Crippen molar-refractivity contribution in [3.05, 3.63) is 34.4 Å². The Labute approximate surface area is 113 Å². The minimum Gasteiger partial charge on any atom is -0.507 e. The number of amides is 4. The van der Waals surface area contributed by atoms with E-state index in [1.165, 1.54) is 25.1 Å². The Morgan fingerprint density at radius 1 is 1.16 bits per heavy atom. The Kier molecular flexibility index (Phi) is 3.26. The van der Waals surface area contributed by atoms with Gasteiger partial charge < -0.3 is 5.11 Å². The van der Waals surface area contributed by atoms with Crippen molar-refractivity contribution in [2.75, 3.05) is 0 Å². The molecule has 19 heavy (non-hydrogen) atoms. The molecule has 0 radical (unpaired) electrons. The van der Waals surface area contributed by atoms with Crippen molar-refractivity contribution >= 4 is 35.0 Å². The van der Waals surface area contributed by atoms with Gasteiger partial charge in [-0.2, -0.15) is 0 Å². The van der Waals surface area contributed by atoms with Crippen molar-refractivity contribution in [1.29, 1.82) is 0 Å². The summed E-state index contributed by atoms with van der Waals surface area (Å²) in [5.41, 5.74) is 0.238. The van der Waals surface area contributed by atoms with Gasteiger partial charge in [-0.1, -0.05) is 11.6 Å². The number of phenols is 1. The highest BCUT2D eigenvalue weighted by Gasteiger charge is 2.30. The maximum atomic E-state index is 11.7. The van der Waals surface area contributed by atoms with E-state index >= 15 is 0 Å². The predicted octanol–water partition coefficient (Wildman–Crippen LogP) is 1.19. The van der Waals surface area contributed by atoms with Crippen molar-refractivity contribution in [3.63, 3.8) is 0 Å². The first-order valence-corrected chi connectivity index (χ1v) is 5.64. The number of allylic oxidation sites excluding steroid dienone is 1. The van der Waals surface area contributed by atoms with E-state index in [4.69, 9.17) is 11.6 Å². The zero-order valence-electron chi connectivity index (χ0n) is 9.78. The van der Waals surface area contributed by atoms with Crippen LogP contribution in [-0.4, -0.2) is 23.0 Å². The van der Waals surface area contributed by atoms with Crippen molar-refractivity contribution in [2.45, 2.75) is 6.92 Å². The molecule has 0 spiro atoms. The van der Waals surface area contributed by atoms with Gasteiger partial charge in [-0.25, -0.2) is 4.79 Å². The molecular formula is C12H9ClN2O4. The van der Waals surface area contributed by atoms with Crippen LogP contribution in [-0.2, 0) is 9.59 Å². The molecule has 0 atom stereocenters. The van der Waals surface area contributed by atoms with Crippen LogP contribution in [0.5, 0.6) is 5.75 Å². The standard InChI is InChI=1S/C12H9ClN2O4/c1-5(7-4-6(13)2-3-8(7)16)9-10(17)14-12(19)15-11(9)18/h2-4,16H,1H3,(H2,14,15,17,18,19). The maximum Gasteiger partial charge on any atom is 0.328 e. The Morgan fingerprint density at radius 3 is 2.32 bits per heavy atom. The SMILES string of the molecule is CC(=C1C(=O)NC(=O)NC1=O)c1cc(Cl)ccc1O. The zero-order valence-corrected chi connectivity index (χ0v) is 10.5. The molecule has 0 aromatic heterocycles. The highest BCUT2D eigenvalue weighted by atomic mass is 35.5. The second kappa shape index (κ2) is 4.74. The largest absolute Gasteiger partial charge is 0.507 e. The number of halogens is 1. The van der Waals surface area contributed by atoms with Crippen molar-refractivity contribution in [3.8, 4) is 5.75 Å². The van der Waals surface area contributed by atoms with Gasteiger partial charge in [0.05, 0.1) is 0 Å². The van der Waals surface area contributed by atoms with Crippen LogP contribution in [0.25, 0.3) is 5.57 Å². The van der Waals surface area contributed by atoms with E-state index in [2.05, 4.69) is 0 Å². The minimum atomic E-state index is -0.873. The van der Waals surface area contributed by atoms with Crippen molar-refractivity contribution in [1.82, 2.24) is 10.6 Å². The zero-order chi connectivity index (χ0) is 14.2. The van der Waals surface area contributed by atoms with Gasteiger partial charge in [0.2, 0.25) is 0 Å². The first kappa shape index (κ1) is 13.1. The van der Waals surface area contributed by atoms with Crippen LogP contribution in [0.1, 0.15) is 12.5 Å². The van der Waals surface area contributed by atoms with E-state index in [0.29, 0.717) is 5.02 Å². The molecule has 0 aliphatic carbocycles. The monoisotopic (exact) mass is 280 g/mol. The van der Waals surface area contributed by atoms with E-state index in [1.54, 1.807) is 0 Å². The van der Waals surface area contributed by atoms with E-state index in [0.717, 1.165) is 0 Å². The molecule has 1 aliphatic rings. The molecule has 3 N–H and O–H groups in total. The molecule has 0 unspecified atom stereocenters. The molecule has 1 aliphatic heterocycles. The van der Waals surface area contributed by atoms with Crippen LogP contribution < -0.4 is 10.6 Å². The highest BCUT2D eigenvalue weighted by Crippen LogP contribution is 2.30. The third-order valence-electron chi connectivity index (χ3n) is 2.65. The van der Waals surface area contributed by atoms with Gasteiger partial charge >= 0.3 is 6.03 Å². The summed E-state index contributed by atoms with van der Waals surface area (Å²) in [6.07, 6.45) is 0. The number of barbiturate groups is 1. The predicted molar refractivity (Wildman–Crippen MR) is 67.4 cm³/mol. The van der Waals surface area contributed by atoms with E-state index in [9.17, 15) is 19.5 Å². The fourth-order valence-electron chi connectivity index (χ4n) is 1.75. The number of rotatable bonds is 1. The number of phenolic OH excluding ortho intramolecular Hbond substituents is 1. The maximum absolute atomic E-state index is 11.7. The summed E-state index contributed by atoms with van der Waals surface area (Å²) in [6, 6.07) is 3.38. The fourth-order valence-corrected chi connectivity index (χ4v) is 1.92. The third kappa shape index (κ3) is 2.43. The second-order valence-electron chi connectivity index (χ2n) is 3.90. The summed E-state index contributed by atoms with van der Waals surface area (Å²) in [4.78, 5) is 34.3. The summed E-state index contributed by atoms with van der Waals surface area (Å²) >= 11 is 5.81. The molecule has 0 saturated carbocycles. The van der Waals surface area contributed by atoms with Crippen LogP contribution in [0, 0.1) is 0 Å². The normalized spacial score (nSPS) is 15.1. The van der Waals surface area contributed by atoms with Gasteiger partial charge in [0.1, 0.15) is 11.3 Å². The molecule has 1 saturated heterocycles. The number of nitrogens with one attached hydrogen (secondary N) is 2. The van der Waals surface area contributed by atoms with E-state index in [1.807, 2.05) is 10.6 Å². The molecule has 0 bridgehead atoms. The molecule has 98 valence electrons. The Hall–Kier alpha value is -2.34. The smallest absolute Gasteiger partial charge is 0.328 e. The summed E-state index contributed by atoms with van der Waals surface area (Å²) < 4.78 is 0. The van der Waals surface area contributed by atoms with Gasteiger partial charge in [-0.15, -0.1) is 0 Å². The lowest BCUT2D eigenvalue weighted by Crippen LogP contribution is -2.51. The average Bonchev–Trinajstić information content (AvgIpc) is 2.30. The second-order valence-corrected chi connectivity index (χ2v) is 4.34. The average molecular weight is 281 g/mol. The molecular weight excluding hydrogens is 272 g/mol. The lowest BCUT2D eigenvalue weighted by molar-refractivity contribution is -0.123. The molecule has 1 heterocycles. The fraction of sp³-hybridized carbons (Fsp3) is 0.0833. The molecule has 2 rings (SSSR count). The van der Waals surface area contributed by atoms with Gasteiger partial charge in [-0.3, -0.25) is 20.2 Å². The number of benzene rings is 1. The minimum absolute atomic E-state index is 0.119. The molecule has 6 nitrogen and oxygen atoms in total. The van der Waals surface area contributed by atoms with Crippen LogP contribution in [0.15, 0.2) is 23.8 Å². The summed E-state index contributed by atoms with van der Waals surface area (Å²) in [5, 5.41) is 14.0. The number of urea groups is 1. The number of aromatic hydroxyl groups is 1. The highest BCUT2D eigenvalue weighted by molar-refractivity contribution is 6.33. The number of imide groups is 2. The first-order chi connectivity index (χ1) is 8.90. The van der Waals surface area contributed by atoms with Crippen LogP contribution in [0.2, 0.25) is 5.02 Å². The molecule has 7 heteroatoms. The summed E-state index contributed by atoms with van der Waals surface area (Å²) in [6.45, 7) is 1.48. The topological polar surface area (TPSA) is 95.5 Å². The lowest BCUT2D eigenvalue weighted by atomic mass is 9.98. The van der Waals surface area contributed by atoms with Crippen LogP contribution in [0.3, 0.4) is 0 Å². The molecule has 1 aromatic rings. The quantitative estimate of drug-likeness (QED) is 0.532. The lowest BCUT2D eigenvalue weighted by Gasteiger charge is -2.17. The number of carbonyl (C=O) groups excluding carboxylic acids is 3. The Morgan fingerprint density at radius 2 is 1.74 bits per heavy atom. The first-order valence-electron chi connectivity index (χ1n) is 5.26. The Bertz CT molecular complexity index is 615. The van der Waals surface area contributed by atoms with Crippen LogP contribution in [0.4, 0.5) is 4.79 Å². The molecule has 4 amide bonds. The van der Waals surface area contributed by atoms with E-state index in [-0.39, 0.29) is 22.5 Å². The molecule has 1 fully saturated rings. The number of carbonyl (C=O) groups is 3. The third-order valence-corrected chi connectivity index (χ3v) is 2.88. The summed E-state index contributed by atoms with van der Waals surface area (Å²) in [7, 11) is 0.